The fraction of sp³-hybridized carbons (Fsp3) is 0.625. The van der Waals surface area contributed by atoms with Gasteiger partial charge in [0.15, 0.2) is 0 Å². The van der Waals surface area contributed by atoms with Crippen LogP contribution in [-0.2, 0) is 4.79 Å². The molecule has 0 aliphatic carbocycles. The molecule has 0 aromatic heterocycles. The number of nitrogens with two attached hydrogens (primary N) is 1. The van der Waals surface area contributed by atoms with Crippen molar-refractivity contribution in [1.82, 2.24) is 4.90 Å². The Morgan fingerprint density at radius 2 is 2.00 bits per heavy atom. The summed E-state index contributed by atoms with van der Waals surface area (Å²) >= 11 is 0. The molecule has 0 aromatic rings. The van der Waals surface area contributed by atoms with Crippen LogP contribution in [0, 0.1) is 0 Å². The van der Waals surface area contributed by atoms with E-state index in [-0.39, 0.29) is 5.91 Å². The smallest absolute Gasteiger partial charge is 0.243 e. The van der Waals surface area contributed by atoms with E-state index in [4.69, 9.17) is 5.73 Å². The maximum absolute atomic E-state index is 10.5. The zero-order valence-electron chi connectivity index (χ0n) is 6.84. The van der Waals surface area contributed by atoms with Gasteiger partial charge in [-0.25, -0.2) is 0 Å². The van der Waals surface area contributed by atoms with E-state index in [0.29, 0.717) is 0 Å². The van der Waals surface area contributed by atoms with Crippen LogP contribution in [0.5, 0.6) is 0 Å². The average molecular weight is 154 g/mol. The van der Waals surface area contributed by atoms with E-state index in [1.807, 2.05) is 6.92 Å². The summed E-state index contributed by atoms with van der Waals surface area (Å²) in [4.78, 5) is 12.7. The quantitative estimate of drug-likeness (QED) is 0.588. The van der Waals surface area contributed by atoms with Gasteiger partial charge in [-0.15, -0.1) is 0 Å². The molecule has 0 unspecified atom stereocenters. The highest BCUT2D eigenvalue weighted by atomic mass is 16.1. The zero-order chi connectivity index (χ0) is 8.27. The molecule has 3 nitrogen and oxygen atoms in total. The SMILES string of the molecule is C/C(=C\C(N)=O)N1CCCC1. The van der Waals surface area contributed by atoms with Gasteiger partial charge in [-0.2, -0.15) is 0 Å². The highest BCUT2D eigenvalue weighted by Crippen LogP contribution is 2.13. The lowest BCUT2D eigenvalue weighted by Crippen LogP contribution is -2.19. The molecule has 62 valence electrons. The lowest BCUT2D eigenvalue weighted by atomic mass is 10.4. The molecule has 0 spiro atoms. The molecule has 2 N–H and O–H groups in total. The predicted molar refractivity (Wildman–Crippen MR) is 43.8 cm³/mol. The number of primary amides is 1. The topological polar surface area (TPSA) is 46.3 Å². The van der Waals surface area contributed by atoms with Crippen LogP contribution in [0.3, 0.4) is 0 Å². The third-order valence-electron chi connectivity index (χ3n) is 1.96. The van der Waals surface area contributed by atoms with E-state index in [1.165, 1.54) is 18.9 Å². The molecule has 1 heterocycles. The van der Waals surface area contributed by atoms with Gasteiger partial charge in [0.2, 0.25) is 5.91 Å². The molecule has 3 heteroatoms. The van der Waals surface area contributed by atoms with Gasteiger partial charge in [-0.05, 0) is 19.8 Å². The van der Waals surface area contributed by atoms with Crippen LogP contribution in [0.2, 0.25) is 0 Å². The molecule has 1 amide bonds. The first-order chi connectivity index (χ1) is 5.20. The van der Waals surface area contributed by atoms with Crippen LogP contribution in [-0.4, -0.2) is 23.9 Å². The van der Waals surface area contributed by atoms with Crippen molar-refractivity contribution in [3.63, 3.8) is 0 Å². The molecule has 0 bridgehead atoms. The van der Waals surface area contributed by atoms with E-state index in [9.17, 15) is 4.79 Å². The van der Waals surface area contributed by atoms with Gasteiger partial charge >= 0.3 is 0 Å². The number of hydrogen-bond acceptors (Lipinski definition) is 2. The monoisotopic (exact) mass is 154 g/mol. The fourth-order valence-electron chi connectivity index (χ4n) is 1.37. The number of nitrogens with zero attached hydrogens (tertiary/aromatic N) is 1. The van der Waals surface area contributed by atoms with E-state index in [2.05, 4.69) is 4.90 Å². The number of rotatable bonds is 2. The third kappa shape index (κ3) is 2.26. The Hall–Kier alpha value is -0.990. The van der Waals surface area contributed by atoms with E-state index < -0.39 is 0 Å². The van der Waals surface area contributed by atoms with Crippen LogP contribution in [0.4, 0.5) is 0 Å². The van der Waals surface area contributed by atoms with Crippen molar-refractivity contribution in [2.75, 3.05) is 13.1 Å². The van der Waals surface area contributed by atoms with Crippen LogP contribution in [0.25, 0.3) is 0 Å². The Morgan fingerprint density at radius 1 is 1.45 bits per heavy atom. The third-order valence-corrected chi connectivity index (χ3v) is 1.96. The van der Waals surface area contributed by atoms with Crippen molar-refractivity contribution in [1.29, 1.82) is 0 Å². The first kappa shape index (κ1) is 8.11. The largest absolute Gasteiger partial charge is 0.375 e. The average Bonchev–Trinajstić information content (AvgIpc) is 2.35. The normalized spacial score (nSPS) is 19.0. The minimum absolute atomic E-state index is 0.352. The number of carbonyl (C=O) groups excluding carboxylic acids is 1. The van der Waals surface area contributed by atoms with Gasteiger partial charge < -0.3 is 10.6 Å². The molecule has 1 saturated heterocycles. The second kappa shape index (κ2) is 3.42. The van der Waals surface area contributed by atoms with Crippen molar-refractivity contribution >= 4 is 5.91 Å². The molecular weight excluding hydrogens is 140 g/mol. The predicted octanol–water partition coefficient (Wildman–Crippen LogP) is 0.471. The summed E-state index contributed by atoms with van der Waals surface area (Å²) in [5.41, 5.74) is 6.01. The van der Waals surface area contributed by atoms with Crippen LogP contribution >= 0.6 is 0 Å². The molecule has 0 saturated carbocycles. The first-order valence-electron chi connectivity index (χ1n) is 3.93. The van der Waals surface area contributed by atoms with E-state index >= 15 is 0 Å². The van der Waals surface area contributed by atoms with Crippen LogP contribution in [0.1, 0.15) is 19.8 Å². The second-order valence-corrected chi connectivity index (χ2v) is 2.88. The van der Waals surface area contributed by atoms with Gasteiger partial charge in [-0.3, -0.25) is 4.79 Å². The number of allylic oxidation sites excluding steroid dienone is 1. The Labute approximate surface area is 66.9 Å². The Balaban J connectivity index is 2.51. The molecular formula is C8H14N2O. The molecule has 0 atom stereocenters. The summed E-state index contributed by atoms with van der Waals surface area (Å²) < 4.78 is 0. The minimum Gasteiger partial charge on any atom is -0.375 e. The lowest BCUT2D eigenvalue weighted by Gasteiger charge is -2.16. The van der Waals surface area contributed by atoms with Gasteiger partial charge in [0, 0.05) is 24.9 Å². The van der Waals surface area contributed by atoms with Crippen LogP contribution in [0.15, 0.2) is 11.8 Å². The number of likely N-dealkylation sites (tertiary alicyclic amines) is 1. The van der Waals surface area contributed by atoms with Crippen molar-refractivity contribution in [3.05, 3.63) is 11.8 Å². The summed E-state index contributed by atoms with van der Waals surface area (Å²) in [6.07, 6.45) is 3.94. The highest BCUT2D eigenvalue weighted by molar-refractivity contribution is 5.86. The first-order valence-corrected chi connectivity index (χ1v) is 3.93. The van der Waals surface area contributed by atoms with Gasteiger partial charge in [-0.1, -0.05) is 0 Å². The van der Waals surface area contributed by atoms with Gasteiger partial charge in [0.05, 0.1) is 0 Å². The minimum atomic E-state index is -0.352. The van der Waals surface area contributed by atoms with Crippen molar-refractivity contribution < 1.29 is 4.79 Å². The molecule has 1 aliphatic rings. The Bertz CT molecular complexity index is 181. The summed E-state index contributed by atoms with van der Waals surface area (Å²) in [6.45, 7) is 4.06. The molecule has 0 radical (unpaired) electrons. The Morgan fingerprint density at radius 3 is 2.45 bits per heavy atom. The summed E-state index contributed by atoms with van der Waals surface area (Å²) in [6, 6.07) is 0. The highest BCUT2D eigenvalue weighted by Gasteiger charge is 2.11. The molecule has 1 fully saturated rings. The standard InChI is InChI=1S/C8H14N2O/c1-7(6-8(9)11)10-4-2-3-5-10/h6H,2-5H2,1H3,(H2,9,11)/b7-6+. The summed E-state index contributed by atoms with van der Waals surface area (Å²) in [5, 5.41) is 0. The molecule has 0 aromatic carbocycles. The van der Waals surface area contributed by atoms with Crippen molar-refractivity contribution in [2.24, 2.45) is 5.73 Å². The van der Waals surface area contributed by atoms with Crippen LogP contribution < -0.4 is 5.73 Å². The van der Waals surface area contributed by atoms with Crippen molar-refractivity contribution in [2.45, 2.75) is 19.8 Å². The molecule has 1 rings (SSSR count). The van der Waals surface area contributed by atoms with Crippen molar-refractivity contribution in [3.8, 4) is 0 Å². The van der Waals surface area contributed by atoms with E-state index in [0.717, 1.165) is 18.8 Å². The maximum Gasteiger partial charge on any atom is 0.243 e. The second-order valence-electron chi connectivity index (χ2n) is 2.88. The lowest BCUT2D eigenvalue weighted by molar-refractivity contribution is -0.113. The molecule has 1 aliphatic heterocycles. The maximum atomic E-state index is 10.5. The zero-order valence-corrected chi connectivity index (χ0v) is 6.84. The number of carbonyl (C=O) groups is 1. The Kier molecular flexibility index (Phi) is 2.52. The van der Waals surface area contributed by atoms with E-state index in [1.54, 1.807) is 0 Å². The number of amides is 1. The van der Waals surface area contributed by atoms with Gasteiger partial charge in [0.25, 0.3) is 0 Å². The molecule has 11 heavy (non-hydrogen) atoms. The number of hydrogen-bond donors (Lipinski definition) is 1. The van der Waals surface area contributed by atoms with Gasteiger partial charge in [0.1, 0.15) is 0 Å². The summed E-state index contributed by atoms with van der Waals surface area (Å²) in [5.74, 6) is -0.352. The summed E-state index contributed by atoms with van der Waals surface area (Å²) in [7, 11) is 0. The fourth-order valence-corrected chi connectivity index (χ4v) is 1.37.